The number of nitrogens with zero attached hydrogens (tertiary/aromatic N) is 9. The summed E-state index contributed by atoms with van der Waals surface area (Å²) in [6.45, 7) is 2.05. The van der Waals surface area contributed by atoms with Crippen molar-refractivity contribution in [2.75, 3.05) is 82.8 Å². The minimum Gasteiger partial charge on any atom is -0.351 e. The van der Waals surface area contributed by atoms with Crippen molar-refractivity contribution in [3.63, 3.8) is 0 Å². The average Bonchev–Trinajstić information content (AvgIpc) is 1.74. The Kier molecular flexibility index (Phi) is 21.9. The number of amides is 10. The quantitative estimate of drug-likeness (QED) is 0.0270. The van der Waals surface area contributed by atoms with Crippen LogP contribution in [0.1, 0.15) is 129 Å². The molecule has 10 amide bonds. The fourth-order valence-corrected chi connectivity index (χ4v) is 10.3. The lowest BCUT2D eigenvalue weighted by Crippen LogP contribution is -2.28. The second-order valence-corrected chi connectivity index (χ2v) is 23.0. The molecule has 8 heterocycles. The van der Waals surface area contributed by atoms with Gasteiger partial charge in [0, 0.05) is 132 Å². The van der Waals surface area contributed by atoms with Crippen LogP contribution in [0.25, 0.3) is 0 Å². The fourth-order valence-electron chi connectivity index (χ4n) is 10.3. The molecule has 0 atom stereocenters. The predicted octanol–water partition coefficient (Wildman–Crippen LogP) is 5.20. The molecule has 12 N–H and O–H groups in total. The van der Waals surface area contributed by atoms with Gasteiger partial charge in [-0.1, -0.05) is 6.42 Å². The summed E-state index contributed by atoms with van der Waals surface area (Å²) in [5, 5.41) is 28.1. The van der Waals surface area contributed by atoms with E-state index in [-0.39, 0.29) is 77.0 Å². The molecule has 492 valence electrons. The molecule has 0 aliphatic rings. The van der Waals surface area contributed by atoms with E-state index in [9.17, 15) is 47.9 Å². The molecule has 30 nitrogen and oxygen atoms in total. The summed E-state index contributed by atoms with van der Waals surface area (Å²) < 4.78 is 12.5. The van der Waals surface area contributed by atoms with E-state index in [1.807, 2.05) is 19.0 Å². The van der Waals surface area contributed by atoms with E-state index < -0.39 is 41.4 Å². The molecule has 0 saturated heterocycles. The number of nitrogens with one attached hydrogen (secondary N) is 10. The van der Waals surface area contributed by atoms with E-state index >= 15 is 0 Å². The van der Waals surface area contributed by atoms with Crippen LogP contribution in [0.4, 0.5) is 45.5 Å². The van der Waals surface area contributed by atoms with Crippen LogP contribution in [0.5, 0.6) is 0 Å². The molecule has 93 heavy (non-hydrogen) atoms. The molecule has 0 aliphatic heterocycles. The van der Waals surface area contributed by atoms with Crippen LogP contribution in [0.15, 0.2) is 98.1 Å². The lowest BCUT2D eigenvalue weighted by molar-refractivity contribution is -0.117. The van der Waals surface area contributed by atoms with Gasteiger partial charge in [0.1, 0.15) is 45.6 Å². The Morgan fingerprint density at radius 3 is 0.785 bits per heavy atom. The summed E-state index contributed by atoms with van der Waals surface area (Å²) in [6.07, 6.45) is 16.6. The zero-order valence-electron chi connectivity index (χ0n) is 53.7. The molecule has 0 saturated carbocycles. The van der Waals surface area contributed by atoms with Gasteiger partial charge >= 0.3 is 0 Å². The van der Waals surface area contributed by atoms with Gasteiger partial charge in [0.25, 0.3) is 47.3 Å². The Morgan fingerprint density at radius 2 is 0.538 bits per heavy atom. The van der Waals surface area contributed by atoms with Gasteiger partial charge in [-0.05, 0) is 101 Å². The zero-order valence-corrected chi connectivity index (χ0v) is 53.7. The lowest BCUT2D eigenvalue weighted by Gasteiger charge is -2.10. The van der Waals surface area contributed by atoms with E-state index in [1.165, 1.54) is 50.1 Å². The van der Waals surface area contributed by atoms with Gasteiger partial charge in [-0.2, -0.15) is 0 Å². The average molecular weight is 1280 g/mol. The van der Waals surface area contributed by atoms with Crippen molar-refractivity contribution in [3.8, 4) is 0 Å². The van der Waals surface area contributed by atoms with Crippen LogP contribution in [0.3, 0.4) is 0 Å². The van der Waals surface area contributed by atoms with E-state index in [4.69, 9.17) is 5.73 Å². The maximum Gasteiger partial charge on any atom is 0.272 e. The molecule has 0 aromatic carbocycles. The first-order chi connectivity index (χ1) is 44.2. The Morgan fingerprint density at radius 1 is 0.312 bits per heavy atom. The minimum atomic E-state index is -0.518. The van der Waals surface area contributed by atoms with Gasteiger partial charge in [-0.3, -0.25) is 47.9 Å². The topological polar surface area (TPSA) is 360 Å². The lowest BCUT2D eigenvalue weighted by atomic mass is 10.2. The third-order valence-corrected chi connectivity index (χ3v) is 15.1. The van der Waals surface area contributed by atoms with Gasteiger partial charge in [-0.25, -0.2) is 0 Å². The monoisotopic (exact) mass is 1280 g/mol. The molecular weight excluding hydrogens is 1200 g/mol. The van der Waals surface area contributed by atoms with Gasteiger partial charge in [-0.15, -0.1) is 0 Å². The second kappa shape index (κ2) is 30.1. The van der Waals surface area contributed by atoms with Crippen LogP contribution in [-0.4, -0.2) is 141 Å². The van der Waals surface area contributed by atoms with Gasteiger partial charge in [0.2, 0.25) is 11.8 Å². The van der Waals surface area contributed by atoms with Crippen molar-refractivity contribution < 1.29 is 47.9 Å². The van der Waals surface area contributed by atoms with Crippen molar-refractivity contribution in [2.45, 2.75) is 44.9 Å². The number of carbonyl (C=O) groups excluding carboxylic acids is 10. The Hall–Kier alpha value is -11.1. The van der Waals surface area contributed by atoms with Crippen LogP contribution in [0.2, 0.25) is 0 Å². The number of hydrogen-bond donors (Lipinski definition) is 11. The van der Waals surface area contributed by atoms with Crippen LogP contribution < -0.4 is 58.9 Å². The van der Waals surface area contributed by atoms with E-state index in [0.29, 0.717) is 77.1 Å². The van der Waals surface area contributed by atoms with Crippen molar-refractivity contribution in [1.29, 1.82) is 0 Å². The van der Waals surface area contributed by atoms with E-state index in [0.717, 1.165) is 25.8 Å². The number of aryl methyl sites for hydroxylation is 8. The van der Waals surface area contributed by atoms with Crippen LogP contribution >= 0.6 is 0 Å². The summed E-state index contributed by atoms with van der Waals surface area (Å²) in [6, 6.07) is 12.2. The third kappa shape index (κ3) is 17.6. The number of carbonyl (C=O) groups is 10. The number of anilines is 8. The minimum absolute atomic E-state index is 0.0330. The predicted molar refractivity (Wildman–Crippen MR) is 353 cm³/mol. The Bertz CT molecular complexity index is 4130. The smallest absolute Gasteiger partial charge is 0.272 e. The molecule has 0 unspecified atom stereocenters. The highest BCUT2D eigenvalue weighted by atomic mass is 16.2. The molecule has 0 fully saturated rings. The Labute approximate surface area is 536 Å². The summed E-state index contributed by atoms with van der Waals surface area (Å²) in [7, 11) is 17.2. The maximum atomic E-state index is 13.5. The number of rotatable bonds is 29. The van der Waals surface area contributed by atoms with Crippen molar-refractivity contribution in [3.05, 3.63) is 144 Å². The first-order valence-electron chi connectivity index (χ1n) is 29.9. The van der Waals surface area contributed by atoms with Crippen LogP contribution in [-0.2, 0) is 66.0 Å². The summed E-state index contributed by atoms with van der Waals surface area (Å²) in [5.41, 5.74) is 10.4. The summed E-state index contributed by atoms with van der Waals surface area (Å²) >= 11 is 0. The molecule has 8 aromatic heterocycles. The largest absolute Gasteiger partial charge is 0.351 e. The van der Waals surface area contributed by atoms with Gasteiger partial charge < -0.3 is 100 Å². The van der Waals surface area contributed by atoms with Crippen molar-refractivity contribution >= 4 is 105 Å². The first-order valence-corrected chi connectivity index (χ1v) is 29.9. The highest BCUT2D eigenvalue weighted by Crippen LogP contribution is 2.25. The molecule has 30 heteroatoms. The third-order valence-electron chi connectivity index (χ3n) is 15.1. The molecule has 8 aromatic rings. The number of hydrogen-bond acceptors (Lipinski definition) is 12. The van der Waals surface area contributed by atoms with E-state index in [1.54, 1.807) is 141 Å². The molecule has 8 rings (SSSR count). The summed E-state index contributed by atoms with van der Waals surface area (Å²) in [4.78, 5) is 134. The molecule has 0 bridgehead atoms. The standard InChI is InChI=1S/C63H80N20O10/c1-75(2)21-15-20-66-57(87)47-25-41(33-77(47)4)70-61(91)51-29-45(37-81(51)8)74-63(93)53-27-43(35-83(53)10)72-59(89)49-23-39(31-79(49)6)68-55(85)17-14-19-65-56(86)46-24-40(32-76(46)3)69-60(90)50-28-44(36-80(50)7)73-62(92)52-26-42(34-82(52)9)71-58(88)48-22-38(30-78(48)5)67-54(84)16-12-11-13-18-64/h22-37H,11-21,64H2,1-10H3,(H,65,86)(H,66,87)(H,67,84)(H,68,85)(H,69,90)(H,70,91)(H,71,88)(H,72,89)(H,73,92)(H,74,93). The first kappa shape index (κ1) is 67.8. The fraction of sp³-hybridized carbons (Fsp3) is 0.333. The SMILES string of the molecule is CN(C)CCCNC(=O)c1cc(NC(=O)c2cc(NC(=O)c3cc(NC(=O)c4cc(NC(=O)CCCNC(=O)c5cc(NC(=O)c6cc(NC(=O)c7cc(NC(=O)c8cc(NC(=O)CCCCCN)cn8C)cn7C)cn6C)cn5C)cn4C)cn3C)cn2C)cn1C. The molecular formula is C63H80N20O10. The summed E-state index contributed by atoms with van der Waals surface area (Å²) in [5.74, 6) is -4.18. The molecule has 0 radical (unpaired) electrons. The maximum absolute atomic E-state index is 13.5. The number of unbranched alkanes of at least 4 members (excludes halogenated alkanes) is 2. The highest BCUT2D eigenvalue weighted by Gasteiger charge is 2.24. The second-order valence-electron chi connectivity index (χ2n) is 23.0. The van der Waals surface area contributed by atoms with Crippen LogP contribution in [0, 0.1) is 0 Å². The molecule has 0 aliphatic carbocycles. The zero-order chi connectivity index (χ0) is 67.4. The number of nitrogens with two attached hydrogens (primary N) is 1. The number of aromatic nitrogens is 8. The van der Waals surface area contributed by atoms with E-state index in [2.05, 4.69) is 53.2 Å². The van der Waals surface area contributed by atoms with Gasteiger partial charge in [0.05, 0.1) is 45.5 Å². The van der Waals surface area contributed by atoms with Crippen molar-refractivity contribution in [1.82, 2.24) is 52.1 Å². The normalized spacial score (nSPS) is 11.1. The van der Waals surface area contributed by atoms with Crippen molar-refractivity contribution in [2.24, 2.45) is 62.1 Å². The highest BCUT2D eigenvalue weighted by molar-refractivity contribution is 6.11. The Balaban J connectivity index is 0.750. The molecule has 0 spiro atoms. The van der Waals surface area contributed by atoms with Gasteiger partial charge in [0.15, 0.2) is 0 Å².